The number of hydrogen-bond donors (Lipinski definition) is 2. The number of nitrogens with zero attached hydrogens (tertiary/aromatic N) is 2. The molecule has 0 unspecified atom stereocenters. The van der Waals surface area contributed by atoms with E-state index in [1.165, 1.54) is 30.6 Å². The summed E-state index contributed by atoms with van der Waals surface area (Å²) in [4.78, 5) is 20.3. The average molecular weight is 318 g/mol. The molecule has 0 radical (unpaired) electrons. The topological polar surface area (TPSA) is 115 Å². The highest BCUT2D eigenvalue weighted by Crippen LogP contribution is 2.38. The van der Waals surface area contributed by atoms with Gasteiger partial charge in [-0.25, -0.2) is 23.5 Å². The lowest BCUT2D eigenvalue weighted by molar-refractivity contribution is 0.102. The van der Waals surface area contributed by atoms with Gasteiger partial charge >= 0.3 is 0 Å². The molecule has 0 saturated heterocycles. The first-order chi connectivity index (χ1) is 10.4. The molecule has 1 saturated carbocycles. The van der Waals surface area contributed by atoms with E-state index in [9.17, 15) is 13.2 Å². The van der Waals surface area contributed by atoms with Crippen LogP contribution < -0.4 is 10.5 Å². The molecule has 1 aliphatic carbocycles. The molecular weight excluding hydrogens is 304 g/mol. The van der Waals surface area contributed by atoms with Crippen LogP contribution in [0.2, 0.25) is 0 Å². The quantitative estimate of drug-likeness (QED) is 0.880. The van der Waals surface area contributed by atoms with Crippen molar-refractivity contribution >= 4 is 21.6 Å². The van der Waals surface area contributed by atoms with Gasteiger partial charge in [0.2, 0.25) is 10.0 Å². The third-order valence-corrected chi connectivity index (χ3v) is 4.29. The molecule has 7 nitrogen and oxygen atoms in total. The minimum absolute atomic E-state index is 0.0106. The third kappa shape index (κ3) is 3.29. The highest BCUT2D eigenvalue weighted by molar-refractivity contribution is 7.89. The van der Waals surface area contributed by atoms with Crippen LogP contribution in [0, 0.1) is 0 Å². The zero-order valence-corrected chi connectivity index (χ0v) is 12.4. The smallest absolute Gasteiger partial charge is 0.274 e. The van der Waals surface area contributed by atoms with E-state index in [1.54, 1.807) is 6.07 Å². The summed E-state index contributed by atoms with van der Waals surface area (Å²) in [5.41, 5.74) is 1.63. The minimum Gasteiger partial charge on any atom is -0.321 e. The summed E-state index contributed by atoms with van der Waals surface area (Å²) in [7, 11) is -3.74. The van der Waals surface area contributed by atoms with Crippen LogP contribution in [0.25, 0.3) is 0 Å². The van der Waals surface area contributed by atoms with E-state index in [2.05, 4.69) is 15.3 Å². The number of primary sulfonamides is 1. The molecule has 1 fully saturated rings. The van der Waals surface area contributed by atoms with Gasteiger partial charge in [-0.1, -0.05) is 0 Å². The van der Waals surface area contributed by atoms with E-state index >= 15 is 0 Å². The van der Waals surface area contributed by atoms with Crippen molar-refractivity contribution in [1.82, 2.24) is 9.97 Å². The fraction of sp³-hybridized carbons (Fsp3) is 0.214. The molecule has 1 aromatic heterocycles. The van der Waals surface area contributed by atoms with E-state index < -0.39 is 10.0 Å². The standard InChI is InChI=1S/C14H14N4O3S/c15-22(20,21)11-5-3-10(4-6-11)18-14(19)13-7-12(9-1-2-9)16-8-17-13/h3-9H,1-2H2,(H,18,19)(H2,15,20,21). The zero-order chi connectivity index (χ0) is 15.7. The maximum atomic E-state index is 12.1. The van der Waals surface area contributed by atoms with Crippen molar-refractivity contribution in [2.45, 2.75) is 23.7 Å². The summed E-state index contributed by atoms with van der Waals surface area (Å²) in [6, 6.07) is 7.30. The Kier molecular flexibility index (Phi) is 3.63. The number of carbonyl (C=O) groups excluding carboxylic acids is 1. The van der Waals surface area contributed by atoms with Gasteiger partial charge in [0.25, 0.3) is 5.91 Å². The van der Waals surface area contributed by atoms with Gasteiger partial charge in [0.1, 0.15) is 12.0 Å². The lowest BCUT2D eigenvalue weighted by Gasteiger charge is -2.06. The fourth-order valence-electron chi connectivity index (χ4n) is 2.02. The average Bonchev–Trinajstić information content (AvgIpc) is 3.32. The monoisotopic (exact) mass is 318 g/mol. The lowest BCUT2D eigenvalue weighted by Crippen LogP contribution is -2.15. The Morgan fingerprint density at radius 3 is 2.45 bits per heavy atom. The first kappa shape index (κ1) is 14.6. The number of amides is 1. The van der Waals surface area contributed by atoms with Gasteiger partial charge in [0, 0.05) is 17.3 Å². The van der Waals surface area contributed by atoms with Crippen molar-refractivity contribution in [2.75, 3.05) is 5.32 Å². The van der Waals surface area contributed by atoms with Gasteiger partial charge in [-0.15, -0.1) is 0 Å². The summed E-state index contributed by atoms with van der Waals surface area (Å²) < 4.78 is 22.3. The van der Waals surface area contributed by atoms with Crippen LogP contribution in [0.1, 0.15) is 34.9 Å². The number of hydrogen-bond acceptors (Lipinski definition) is 5. The number of rotatable bonds is 4. The Labute approximate surface area is 127 Å². The van der Waals surface area contributed by atoms with Crippen molar-refractivity contribution in [2.24, 2.45) is 5.14 Å². The molecule has 8 heteroatoms. The SMILES string of the molecule is NS(=O)(=O)c1ccc(NC(=O)c2cc(C3CC3)ncn2)cc1. The summed E-state index contributed by atoms with van der Waals surface area (Å²) in [5.74, 6) is 0.0660. The normalized spacial score (nSPS) is 14.6. The first-order valence-electron chi connectivity index (χ1n) is 6.69. The number of anilines is 1. The van der Waals surface area contributed by atoms with E-state index in [1.807, 2.05) is 0 Å². The summed E-state index contributed by atoms with van der Waals surface area (Å²) >= 11 is 0. The van der Waals surface area contributed by atoms with Crippen LogP contribution in [0.15, 0.2) is 41.6 Å². The first-order valence-corrected chi connectivity index (χ1v) is 8.24. The molecular formula is C14H14N4O3S. The van der Waals surface area contributed by atoms with Crippen LogP contribution in [-0.2, 0) is 10.0 Å². The minimum atomic E-state index is -3.74. The van der Waals surface area contributed by atoms with Gasteiger partial charge < -0.3 is 5.32 Å². The summed E-state index contributed by atoms with van der Waals surface area (Å²) in [5, 5.41) is 7.68. The Balaban J connectivity index is 1.75. The van der Waals surface area contributed by atoms with Crippen LogP contribution in [0.4, 0.5) is 5.69 Å². The molecule has 2 aromatic rings. The summed E-state index contributed by atoms with van der Waals surface area (Å²) in [6.07, 6.45) is 3.56. The van der Waals surface area contributed by atoms with Crippen LogP contribution >= 0.6 is 0 Å². The number of sulfonamides is 1. The third-order valence-electron chi connectivity index (χ3n) is 3.36. The number of benzene rings is 1. The largest absolute Gasteiger partial charge is 0.321 e. The molecule has 0 atom stereocenters. The summed E-state index contributed by atoms with van der Waals surface area (Å²) in [6.45, 7) is 0. The second-order valence-corrected chi connectivity index (χ2v) is 6.69. The highest BCUT2D eigenvalue weighted by Gasteiger charge is 2.25. The molecule has 0 bridgehead atoms. The maximum Gasteiger partial charge on any atom is 0.274 e. The second kappa shape index (κ2) is 5.47. The van der Waals surface area contributed by atoms with Crippen LogP contribution in [-0.4, -0.2) is 24.3 Å². The Hall–Kier alpha value is -2.32. The van der Waals surface area contributed by atoms with E-state index in [-0.39, 0.29) is 16.5 Å². The number of nitrogens with two attached hydrogens (primary N) is 1. The number of aromatic nitrogens is 2. The highest BCUT2D eigenvalue weighted by atomic mass is 32.2. The van der Waals surface area contributed by atoms with Crippen molar-refractivity contribution < 1.29 is 13.2 Å². The molecule has 22 heavy (non-hydrogen) atoms. The Bertz CT molecular complexity index is 814. The molecule has 1 amide bonds. The van der Waals surface area contributed by atoms with Gasteiger partial charge in [-0.05, 0) is 43.2 Å². The Morgan fingerprint density at radius 2 is 1.86 bits per heavy atom. The number of nitrogens with one attached hydrogen (secondary N) is 1. The molecule has 0 aliphatic heterocycles. The van der Waals surface area contributed by atoms with Crippen LogP contribution in [0.5, 0.6) is 0 Å². The second-order valence-electron chi connectivity index (χ2n) is 5.13. The van der Waals surface area contributed by atoms with Crippen molar-refractivity contribution in [3.8, 4) is 0 Å². The van der Waals surface area contributed by atoms with Gasteiger partial charge in [-0.2, -0.15) is 0 Å². The number of carbonyl (C=O) groups is 1. The van der Waals surface area contributed by atoms with Crippen molar-refractivity contribution in [3.05, 3.63) is 48.0 Å². The molecule has 1 aromatic carbocycles. The van der Waals surface area contributed by atoms with Crippen molar-refractivity contribution in [1.29, 1.82) is 0 Å². The van der Waals surface area contributed by atoms with Crippen LogP contribution in [0.3, 0.4) is 0 Å². The van der Waals surface area contributed by atoms with Crippen molar-refractivity contribution in [3.63, 3.8) is 0 Å². The van der Waals surface area contributed by atoms with Gasteiger partial charge in [0.15, 0.2) is 0 Å². The molecule has 114 valence electrons. The fourth-order valence-corrected chi connectivity index (χ4v) is 2.54. The predicted octanol–water partition coefficient (Wildman–Crippen LogP) is 1.25. The van der Waals surface area contributed by atoms with Gasteiger partial charge in [-0.3, -0.25) is 4.79 Å². The molecule has 1 heterocycles. The van der Waals surface area contributed by atoms with E-state index in [0.717, 1.165) is 18.5 Å². The van der Waals surface area contributed by atoms with Gasteiger partial charge in [0.05, 0.1) is 4.90 Å². The molecule has 0 spiro atoms. The van der Waals surface area contributed by atoms with E-state index in [4.69, 9.17) is 5.14 Å². The lowest BCUT2D eigenvalue weighted by atomic mass is 10.2. The molecule has 3 N–H and O–H groups in total. The van der Waals surface area contributed by atoms with E-state index in [0.29, 0.717) is 11.6 Å². The maximum absolute atomic E-state index is 12.1. The molecule has 1 aliphatic rings. The zero-order valence-electron chi connectivity index (χ0n) is 11.6. The molecule has 3 rings (SSSR count). The predicted molar refractivity (Wildman–Crippen MR) is 79.8 cm³/mol. The Morgan fingerprint density at radius 1 is 1.18 bits per heavy atom.